The molecule has 0 aliphatic heterocycles. The summed E-state index contributed by atoms with van der Waals surface area (Å²) in [6, 6.07) is 0. The van der Waals surface area contributed by atoms with E-state index in [9.17, 15) is 0 Å². The zero-order valence-corrected chi connectivity index (χ0v) is 9.03. The van der Waals surface area contributed by atoms with E-state index >= 15 is 0 Å². The quantitative estimate of drug-likeness (QED) is 0.749. The summed E-state index contributed by atoms with van der Waals surface area (Å²) < 4.78 is 5.14. The van der Waals surface area contributed by atoms with Crippen molar-refractivity contribution >= 4 is 0 Å². The van der Waals surface area contributed by atoms with Gasteiger partial charge in [-0.25, -0.2) is 0 Å². The summed E-state index contributed by atoms with van der Waals surface area (Å²) in [5.41, 5.74) is 5.59. The van der Waals surface area contributed by atoms with E-state index in [4.69, 9.17) is 10.3 Å². The normalized spacial score (nSPS) is 13.5. The van der Waals surface area contributed by atoms with E-state index in [0.717, 1.165) is 12.2 Å². The van der Waals surface area contributed by atoms with Gasteiger partial charge < -0.3 is 15.2 Å². The summed E-state index contributed by atoms with van der Waals surface area (Å²) in [6.45, 7) is 3.32. The number of hydrogen-bond donors (Lipinski definition) is 1. The summed E-state index contributed by atoms with van der Waals surface area (Å²) in [7, 11) is 3.94. The minimum Gasteiger partial charge on any atom is -0.339 e. The van der Waals surface area contributed by atoms with Crippen molar-refractivity contribution in [3.8, 4) is 0 Å². The van der Waals surface area contributed by atoms with E-state index < -0.39 is 0 Å². The lowest BCUT2D eigenvalue weighted by Crippen LogP contribution is -2.13. The largest absolute Gasteiger partial charge is 0.339 e. The minimum absolute atomic E-state index is 0.193. The highest BCUT2D eigenvalue weighted by molar-refractivity contribution is 4.94. The van der Waals surface area contributed by atoms with Gasteiger partial charge in [-0.1, -0.05) is 12.1 Å². The minimum atomic E-state index is 0.193. The molecule has 2 N–H and O–H groups in total. The van der Waals surface area contributed by atoms with Crippen molar-refractivity contribution in [2.75, 3.05) is 20.6 Å². The molecular formula is C9H18N4O. The van der Waals surface area contributed by atoms with E-state index in [1.54, 1.807) is 0 Å². The molecule has 0 aliphatic carbocycles. The maximum Gasteiger partial charge on any atom is 0.231 e. The Morgan fingerprint density at radius 1 is 1.50 bits per heavy atom. The number of nitrogens with zero attached hydrogens (tertiary/aromatic N) is 3. The molecule has 0 saturated carbocycles. The molecule has 0 bridgehead atoms. The molecule has 0 radical (unpaired) electrons. The van der Waals surface area contributed by atoms with Crippen LogP contribution in [0.1, 0.15) is 31.0 Å². The molecule has 0 fully saturated rings. The number of hydrogen-bond acceptors (Lipinski definition) is 5. The predicted octanol–water partition coefficient (Wildman–Crippen LogP) is 0.583. The number of aromatic nitrogens is 2. The topological polar surface area (TPSA) is 68.2 Å². The maximum absolute atomic E-state index is 5.59. The Hall–Kier alpha value is -0.940. The molecule has 14 heavy (non-hydrogen) atoms. The van der Waals surface area contributed by atoms with Crippen molar-refractivity contribution in [1.29, 1.82) is 0 Å². The Bertz CT molecular complexity index is 268. The van der Waals surface area contributed by atoms with Gasteiger partial charge in [-0.3, -0.25) is 0 Å². The molecule has 1 rings (SSSR count). The van der Waals surface area contributed by atoms with Crippen molar-refractivity contribution in [2.24, 2.45) is 5.73 Å². The first-order valence-corrected chi connectivity index (χ1v) is 4.84. The first kappa shape index (κ1) is 11.1. The zero-order valence-electron chi connectivity index (χ0n) is 9.03. The van der Waals surface area contributed by atoms with Crippen molar-refractivity contribution in [3.05, 3.63) is 11.7 Å². The molecule has 1 unspecified atom stereocenters. The average molecular weight is 198 g/mol. The third-order valence-corrected chi connectivity index (χ3v) is 2.07. The SMILES string of the molecule is CCC(CN)c1nc(CN(C)C)no1. The van der Waals surface area contributed by atoms with Crippen LogP contribution in [0.5, 0.6) is 0 Å². The summed E-state index contributed by atoms with van der Waals surface area (Å²) in [5.74, 6) is 1.57. The van der Waals surface area contributed by atoms with Gasteiger partial charge in [0.05, 0.1) is 12.5 Å². The van der Waals surface area contributed by atoms with Crippen molar-refractivity contribution in [2.45, 2.75) is 25.8 Å². The summed E-state index contributed by atoms with van der Waals surface area (Å²) in [5, 5.41) is 3.89. The summed E-state index contributed by atoms with van der Waals surface area (Å²) >= 11 is 0. The third-order valence-electron chi connectivity index (χ3n) is 2.07. The van der Waals surface area contributed by atoms with Gasteiger partial charge in [0.2, 0.25) is 5.89 Å². The van der Waals surface area contributed by atoms with E-state index in [1.165, 1.54) is 0 Å². The fraction of sp³-hybridized carbons (Fsp3) is 0.778. The fourth-order valence-corrected chi connectivity index (χ4v) is 1.22. The van der Waals surface area contributed by atoms with Crippen molar-refractivity contribution in [3.63, 3.8) is 0 Å². The highest BCUT2D eigenvalue weighted by Crippen LogP contribution is 2.15. The molecule has 0 aliphatic rings. The lowest BCUT2D eigenvalue weighted by atomic mass is 10.1. The monoisotopic (exact) mass is 198 g/mol. The van der Waals surface area contributed by atoms with Crippen LogP contribution in [0.4, 0.5) is 0 Å². The molecular weight excluding hydrogens is 180 g/mol. The molecule has 1 heterocycles. The van der Waals surface area contributed by atoms with Gasteiger partial charge in [-0.2, -0.15) is 4.98 Å². The second-order valence-corrected chi connectivity index (χ2v) is 3.63. The van der Waals surface area contributed by atoms with Crippen LogP contribution in [0.2, 0.25) is 0 Å². The molecule has 1 aromatic heterocycles. The van der Waals surface area contributed by atoms with Gasteiger partial charge in [-0.15, -0.1) is 0 Å². The van der Waals surface area contributed by atoms with Crippen LogP contribution in [0.3, 0.4) is 0 Å². The Balaban J connectivity index is 2.66. The Morgan fingerprint density at radius 3 is 2.71 bits per heavy atom. The van der Waals surface area contributed by atoms with Crippen LogP contribution in [0.25, 0.3) is 0 Å². The molecule has 5 nitrogen and oxygen atoms in total. The Kier molecular flexibility index (Phi) is 4.03. The molecule has 0 amide bonds. The molecule has 5 heteroatoms. The van der Waals surface area contributed by atoms with Gasteiger partial charge in [-0.05, 0) is 20.5 Å². The van der Waals surface area contributed by atoms with Crippen LogP contribution in [0, 0.1) is 0 Å². The average Bonchev–Trinajstić information content (AvgIpc) is 2.54. The maximum atomic E-state index is 5.59. The van der Waals surface area contributed by atoms with Crippen LogP contribution in [0.15, 0.2) is 4.52 Å². The second-order valence-electron chi connectivity index (χ2n) is 3.63. The van der Waals surface area contributed by atoms with Crippen LogP contribution < -0.4 is 5.73 Å². The predicted molar refractivity (Wildman–Crippen MR) is 53.8 cm³/mol. The van der Waals surface area contributed by atoms with Crippen LogP contribution >= 0.6 is 0 Å². The van der Waals surface area contributed by atoms with Crippen LogP contribution in [-0.2, 0) is 6.54 Å². The highest BCUT2D eigenvalue weighted by atomic mass is 16.5. The van der Waals surface area contributed by atoms with Gasteiger partial charge in [0, 0.05) is 6.54 Å². The van der Waals surface area contributed by atoms with E-state index in [0.29, 0.717) is 19.0 Å². The number of rotatable bonds is 5. The van der Waals surface area contributed by atoms with Crippen molar-refractivity contribution < 1.29 is 4.52 Å². The smallest absolute Gasteiger partial charge is 0.231 e. The lowest BCUT2D eigenvalue weighted by molar-refractivity contribution is 0.334. The van der Waals surface area contributed by atoms with Crippen molar-refractivity contribution in [1.82, 2.24) is 15.0 Å². The lowest BCUT2D eigenvalue weighted by Gasteiger charge is -2.05. The molecule has 0 spiro atoms. The van der Waals surface area contributed by atoms with Gasteiger partial charge in [0.15, 0.2) is 5.82 Å². The Labute approximate surface area is 84.3 Å². The fourth-order valence-electron chi connectivity index (χ4n) is 1.22. The van der Waals surface area contributed by atoms with Gasteiger partial charge >= 0.3 is 0 Å². The highest BCUT2D eigenvalue weighted by Gasteiger charge is 2.15. The van der Waals surface area contributed by atoms with E-state index in [-0.39, 0.29) is 5.92 Å². The Morgan fingerprint density at radius 2 is 2.21 bits per heavy atom. The van der Waals surface area contributed by atoms with Crippen LogP contribution in [-0.4, -0.2) is 35.7 Å². The zero-order chi connectivity index (χ0) is 10.6. The molecule has 0 aromatic carbocycles. The van der Waals surface area contributed by atoms with Gasteiger partial charge in [0.25, 0.3) is 0 Å². The van der Waals surface area contributed by atoms with Gasteiger partial charge in [0.1, 0.15) is 0 Å². The molecule has 1 atom stereocenters. The first-order chi connectivity index (χ1) is 6.67. The van der Waals surface area contributed by atoms with E-state index in [1.807, 2.05) is 19.0 Å². The molecule has 1 aromatic rings. The third kappa shape index (κ3) is 2.78. The molecule has 0 saturated heterocycles. The summed E-state index contributed by atoms with van der Waals surface area (Å²) in [6.07, 6.45) is 0.931. The number of nitrogens with two attached hydrogens (primary N) is 1. The van der Waals surface area contributed by atoms with E-state index in [2.05, 4.69) is 17.1 Å². The second kappa shape index (κ2) is 5.07. The molecule has 80 valence electrons. The standard InChI is InChI=1S/C9H18N4O/c1-4-7(5-10)9-11-8(12-14-9)6-13(2)3/h7H,4-6,10H2,1-3H3. The summed E-state index contributed by atoms with van der Waals surface area (Å²) in [4.78, 5) is 6.29. The first-order valence-electron chi connectivity index (χ1n) is 4.84.